The lowest BCUT2D eigenvalue weighted by Gasteiger charge is -2.36. The molecule has 2 atom stereocenters. The Bertz CT molecular complexity index is 1080. The minimum absolute atomic E-state index is 0.0584. The normalized spacial score (nSPS) is 21.6. The highest BCUT2D eigenvalue weighted by Crippen LogP contribution is 2.42. The molecule has 2 aromatic rings. The fourth-order valence-electron chi connectivity index (χ4n) is 5.35. The van der Waals surface area contributed by atoms with Gasteiger partial charge in [-0.2, -0.15) is 0 Å². The third kappa shape index (κ3) is 5.15. The van der Waals surface area contributed by atoms with E-state index in [2.05, 4.69) is 0 Å². The van der Waals surface area contributed by atoms with E-state index >= 15 is 0 Å². The van der Waals surface area contributed by atoms with Crippen LogP contribution in [0.5, 0.6) is 5.75 Å². The van der Waals surface area contributed by atoms with Gasteiger partial charge in [0.2, 0.25) is 17.7 Å². The molecule has 2 heterocycles. The fourth-order valence-corrected chi connectivity index (χ4v) is 5.35. The standard InChI is InChI=1S/C28H34N2O6/c1-35-16-15-30-25(32)19-28(27(30)34,22-9-6-10-23(17-22)36-2)18-24(31)29-13-11-21(12-14-29)26(33)20-7-4-3-5-8-20/h3-10,17,21,26,33H,11-16,18-19H2,1-2H3/t26-,28+/m0/s1. The van der Waals surface area contributed by atoms with E-state index in [1.807, 2.05) is 30.3 Å². The zero-order valence-corrected chi connectivity index (χ0v) is 20.9. The summed E-state index contributed by atoms with van der Waals surface area (Å²) in [6.07, 6.45) is 0.592. The first kappa shape index (κ1) is 25.9. The smallest absolute Gasteiger partial charge is 0.240 e. The maximum absolute atomic E-state index is 13.7. The van der Waals surface area contributed by atoms with Gasteiger partial charge in [0.05, 0.1) is 31.8 Å². The Hall–Kier alpha value is -3.23. The summed E-state index contributed by atoms with van der Waals surface area (Å²) >= 11 is 0. The first-order valence-electron chi connectivity index (χ1n) is 12.4. The van der Waals surface area contributed by atoms with E-state index in [9.17, 15) is 19.5 Å². The number of benzene rings is 2. The fraction of sp³-hybridized carbons (Fsp3) is 0.464. The molecule has 4 rings (SSSR count). The van der Waals surface area contributed by atoms with E-state index < -0.39 is 11.5 Å². The summed E-state index contributed by atoms with van der Waals surface area (Å²) < 4.78 is 10.4. The largest absolute Gasteiger partial charge is 0.497 e. The van der Waals surface area contributed by atoms with Crippen LogP contribution in [-0.4, -0.2) is 73.1 Å². The molecule has 0 unspecified atom stereocenters. The van der Waals surface area contributed by atoms with Crippen molar-refractivity contribution in [2.24, 2.45) is 5.92 Å². The number of aliphatic hydroxyl groups is 1. The van der Waals surface area contributed by atoms with Crippen molar-refractivity contribution in [1.29, 1.82) is 0 Å². The molecule has 2 aromatic carbocycles. The predicted molar refractivity (Wildman–Crippen MR) is 133 cm³/mol. The van der Waals surface area contributed by atoms with E-state index in [0.717, 1.165) is 5.56 Å². The highest BCUT2D eigenvalue weighted by atomic mass is 16.5. The van der Waals surface area contributed by atoms with Gasteiger partial charge in [0.1, 0.15) is 5.75 Å². The molecule has 0 radical (unpaired) electrons. The number of likely N-dealkylation sites (tertiary alicyclic amines) is 2. The van der Waals surface area contributed by atoms with Gasteiger partial charge in [-0.25, -0.2) is 0 Å². The number of hydrogen-bond acceptors (Lipinski definition) is 6. The Morgan fingerprint density at radius 3 is 2.47 bits per heavy atom. The highest BCUT2D eigenvalue weighted by Gasteiger charge is 2.54. The topological polar surface area (TPSA) is 96.4 Å². The molecule has 0 aromatic heterocycles. The van der Waals surface area contributed by atoms with Crippen LogP contribution in [-0.2, 0) is 24.5 Å². The number of piperidine rings is 1. The summed E-state index contributed by atoms with van der Waals surface area (Å²) in [5, 5.41) is 10.8. The minimum atomic E-state index is -1.28. The van der Waals surface area contributed by atoms with E-state index in [1.54, 1.807) is 29.2 Å². The van der Waals surface area contributed by atoms with Crippen molar-refractivity contribution in [1.82, 2.24) is 9.80 Å². The number of nitrogens with zero attached hydrogens (tertiary/aromatic N) is 2. The van der Waals surface area contributed by atoms with E-state index in [1.165, 1.54) is 19.1 Å². The number of hydrogen-bond donors (Lipinski definition) is 1. The van der Waals surface area contributed by atoms with E-state index in [4.69, 9.17) is 9.47 Å². The summed E-state index contributed by atoms with van der Waals surface area (Å²) in [6.45, 7) is 1.38. The molecular weight excluding hydrogens is 460 g/mol. The van der Waals surface area contributed by atoms with Crippen LogP contribution in [0.3, 0.4) is 0 Å². The summed E-state index contributed by atoms with van der Waals surface area (Å²) in [7, 11) is 3.06. The van der Waals surface area contributed by atoms with Gasteiger partial charge in [-0.3, -0.25) is 19.3 Å². The van der Waals surface area contributed by atoms with Crippen LogP contribution < -0.4 is 4.74 Å². The van der Waals surface area contributed by atoms with Gasteiger partial charge in [-0.15, -0.1) is 0 Å². The number of carbonyl (C=O) groups is 3. The number of aliphatic hydroxyl groups excluding tert-OH is 1. The quantitative estimate of drug-likeness (QED) is 0.539. The first-order chi connectivity index (χ1) is 17.4. The number of amides is 3. The molecule has 1 N–H and O–H groups in total. The lowest BCUT2D eigenvalue weighted by Crippen LogP contribution is -2.46. The van der Waals surface area contributed by atoms with Crippen LogP contribution in [0, 0.1) is 5.92 Å². The molecule has 0 bridgehead atoms. The van der Waals surface area contributed by atoms with Gasteiger partial charge in [-0.05, 0) is 42.0 Å². The van der Waals surface area contributed by atoms with Gasteiger partial charge in [0.25, 0.3) is 0 Å². The van der Waals surface area contributed by atoms with E-state index in [0.29, 0.717) is 37.2 Å². The van der Waals surface area contributed by atoms with Crippen molar-refractivity contribution in [3.05, 3.63) is 65.7 Å². The molecule has 8 nitrogen and oxygen atoms in total. The molecule has 2 saturated heterocycles. The molecule has 0 saturated carbocycles. The van der Waals surface area contributed by atoms with Crippen molar-refractivity contribution < 1.29 is 29.0 Å². The molecule has 0 spiro atoms. The molecular formula is C28H34N2O6. The van der Waals surface area contributed by atoms with Crippen molar-refractivity contribution in [2.45, 2.75) is 37.2 Å². The average Bonchev–Trinajstić information content (AvgIpc) is 3.16. The number of ether oxygens (including phenoxy) is 2. The molecule has 2 fully saturated rings. The van der Waals surface area contributed by atoms with Gasteiger partial charge in [-0.1, -0.05) is 42.5 Å². The Morgan fingerprint density at radius 2 is 1.81 bits per heavy atom. The van der Waals surface area contributed by atoms with E-state index in [-0.39, 0.29) is 49.6 Å². The molecule has 36 heavy (non-hydrogen) atoms. The molecule has 3 amide bonds. The second-order valence-corrected chi connectivity index (χ2v) is 9.58. The average molecular weight is 495 g/mol. The minimum Gasteiger partial charge on any atom is -0.497 e. The first-order valence-corrected chi connectivity index (χ1v) is 12.4. The SMILES string of the molecule is COCCN1C(=O)C[C@](CC(=O)N2CCC([C@@H](O)c3ccccc3)CC2)(c2cccc(OC)c2)C1=O. The van der Waals surface area contributed by atoms with Gasteiger partial charge < -0.3 is 19.5 Å². The third-order valence-corrected chi connectivity index (χ3v) is 7.48. The van der Waals surface area contributed by atoms with Crippen LogP contribution in [0.2, 0.25) is 0 Å². The van der Waals surface area contributed by atoms with Crippen molar-refractivity contribution >= 4 is 17.7 Å². The van der Waals surface area contributed by atoms with Crippen LogP contribution in [0.1, 0.15) is 42.9 Å². The molecule has 2 aliphatic heterocycles. The highest BCUT2D eigenvalue weighted by molar-refractivity contribution is 6.10. The number of carbonyl (C=O) groups excluding carboxylic acids is 3. The maximum atomic E-state index is 13.7. The van der Waals surface area contributed by atoms with Crippen LogP contribution in [0.25, 0.3) is 0 Å². The zero-order valence-electron chi connectivity index (χ0n) is 20.9. The third-order valence-electron chi connectivity index (χ3n) is 7.48. The second-order valence-electron chi connectivity index (χ2n) is 9.58. The summed E-state index contributed by atoms with van der Waals surface area (Å²) in [5.41, 5.74) is 0.199. The van der Waals surface area contributed by atoms with Gasteiger partial charge in [0.15, 0.2) is 0 Å². The van der Waals surface area contributed by atoms with Crippen molar-refractivity contribution in [2.75, 3.05) is 40.5 Å². The number of methoxy groups -OCH3 is 2. The van der Waals surface area contributed by atoms with Crippen molar-refractivity contribution in [3.8, 4) is 5.75 Å². The molecule has 8 heteroatoms. The lowest BCUT2D eigenvalue weighted by molar-refractivity contribution is -0.143. The Labute approximate surface area is 211 Å². The van der Waals surface area contributed by atoms with Gasteiger partial charge in [0, 0.05) is 33.0 Å². The summed E-state index contributed by atoms with van der Waals surface area (Å²) in [6, 6.07) is 16.6. The molecule has 0 aliphatic carbocycles. The number of imide groups is 1. The molecule has 2 aliphatic rings. The number of rotatable bonds is 9. The summed E-state index contributed by atoms with van der Waals surface area (Å²) in [5.74, 6) is -0.230. The Balaban J connectivity index is 1.51. The summed E-state index contributed by atoms with van der Waals surface area (Å²) in [4.78, 5) is 43.1. The Kier molecular flexibility index (Phi) is 8.06. The van der Waals surface area contributed by atoms with Crippen molar-refractivity contribution in [3.63, 3.8) is 0 Å². The zero-order chi connectivity index (χ0) is 25.7. The lowest BCUT2D eigenvalue weighted by atomic mass is 9.75. The van der Waals surface area contributed by atoms with Crippen LogP contribution >= 0.6 is 0 Å². The maximum Gasteiger partial charge on any atom is 0.240 e. The molecule has 192 valence electrons. The predicted octanol–water partition coefficient (Wildman–Crippen LogP) is 2.70. The van der Waals surface area contributed by atoms with Crippen LogP contribution in [0.15, 0.2) is 54.6 Å². The van der Waals surface area contributed by atoms with Gasteiger partial charge >= 0.3 is 0 Å². The second kappa shape index (κ2) is 11.2. The monoisotopic (exact) mass is 494 g/mol. The Morgan fingerprint density at radius 1 is 1.08 bits per heavy atom. The van der Waals surface area contributed by atoms with Crippen LogP contribution in [0.4, 0.5) is 0 Å².